The van der Waals surface area contributed by atoms with Crippen molar-refractivity contribution in [2.24, 2.45) is 11.5 Å². The largest absolute Gasteiger partial charge is 0.416 e. The third kappa shape index (κ3) is 8.83. The number of hydrogen-bond acceptors (Lipinski definition) is 5. The number of nitrogens with zero attached hydrogens (tertiary/aromatic N) is 3. The molecule has 2 aromatic heterocycles. The number of halogens is 3. The summed E-state index contributed by atoms with van der Waals surface area (Å²) in [6, 6.07) is 13.3. The minimum atomic E-state index is -4.50. The van der Waals surface area contributed by atoms with Crippen LogP contribution in [0.1, 0.15) is 55.8 Å². The highest BCUT2D eigenvalue weighted by Gasteiger charge is 2.31. The van der Waals surface area contributed by atoms with Gasteiger partial charge < -0.3 is 26.7 Å². The number of H-pyrrole nitrogens is 1. The zero-order valence-corrected chi connectivity index (χ0v) is 25.6. The molecule has 7 N–H and O–H groups in total. The van der Waals surface area contributed by atoms with Crippen LogP contribution in [0.2, 0.25) is 0 Å². The topological polar surface area (TPSA) is 142 Å². The standard InChI is InChI=1S/C33H41F3N8O/c1-4-14-43(31(38)39)15-6-13-40-22(3)24-9-11-28(12-10-24)44-20-26-19-29(41-30(26)42-32(44)45)25-16-23(8-5-7-21(2)37)17-27(18-25)33(34,35)36/h4,9-12,16-22,40H,1,5-8,13-15,37H2,2-3H3,(H3,38,39)(H,41,42,45)/t21-,22-/m0/s1. The minimum Gasteiger partial charge on any atom is -0.370 e. The van der Waals surface area contributed by atoms with Crippen LogP contribution < -0.4 is 22.5 Å². The van der Waals surface area contributed by atoms with E-state index in [1.807, 2.05) is 38.1 Å². The lowest BCUT2D eigenvalue weighted by molar-refractivity contribution is -0.137. The van der Waals surface area contributed by atoms with Gasteiger partial charge in [0.1, 0.15) is 5.65 Å². The van der Waals surface area contributed by atoms with Crippen LogP contribution in [0.15, 0.2) is 72.2 Å². The summed E-state index contributed by atoms with van der Waals surface area (Å²) in [6.45, 7) is 9.50. The Hall–Kier alpha value is -4.42. The van der Waals surface area contributed by atoms with Gasteiger partial charge in [0.25, 0.3) is 0 Å². The highest BCUT2D eigenvalue weighted by molar-refractivity contribution is 5.83. The molecule has 0 aliphatic rings. The van der Waals surface area contributed by atoms with Gasteiger partial charge in [-0.15, -0.1) is 6.58 Å². The molecule has 0 fully saturated rings. The van der Waals surface area contributed by atoms with E-state index in [4.69, 9.17) is 16.9 Å². The molecule has 4 rings (SSSR count). The summed E-state index contributed by atoms with van der Waals surface area (Å²) in [4.78, 5) is 21.9. The van der Waals surface area contributed by atoms with Gasteiger partial charge in [-0.3, -0.25) is 9.98 Å². The Balaban J connectivity index is 1.51. The van der Waals surface area contributed by atoms with Crippen LogP contribution in [0.5, 0.6) is 0 Å². The Morgan fingerprint density at radius 3 is 2.56 bits per heavy atom. The first kappa shape index (κ1) is 33.5. The fourth-order valence-corrected chi connectivity index (χ4v) is 5.21. The SMILES string of the molecule is C=CCN(CCCN[C@@H](C)c1ccc(-n2cc3cc(-c4cc(CCC[C@H](C)N)cc(C(F)(F)F)c4)[nH]c3nc2=O)cc1)C(=N)N. The summed E-state index contributed by atoms with van der Waals surface area (Å²) in [7, 11) is 0. The molecule has 9 nitrogen and oxygen atoms in total. The first-order valence-electron chi connectivity index (χ1n) is 15.0. The molecule has 45 heavy (non-hydrogen) atoms. The maximum atomic E-state index is 13.7. The van der Waals surface area contributed by atoms with Crippen molar-refractivity contribution in [2.75, 3.05) is 19.6 Å². The Labute approximate surface area is 260 Å². The summed E-state index contributed by atoms with van der Waals surface area (Å²) in [5.74, 6) is 0.0193. The van der Waals surface area contributed by atoms with Crippen molar-refractivity contribution in [3.8, 4) is 16.9 Å². The molecule has 0 aliphatic carbocycles. The number of nitrogens with two attached hydrogens (primary N) is 2. The number of aromatic amines is 1. The van der Waals surface area contributed by atoms with E-state index in [1.54, 1.807) is 29.3 Å². The van der Waals surface area contributed by atoms with Gasteiger partial charge in [0.15, 0.2) is 5.96 Å². The molecular formula is C33H41F3N8O. The van der Waals surface area contributed by atoms with Crippen LogP contribution in [0.4, 0.5) is 13.2 Å². The van der Waals surface area contributed by atoms with E-state index in [9.17, 15) is 18.0 Å². The zero-order valence-electron chi connectivity index (χ0n) is 25.6. The van der Waals surface area contributed by atoms with Gasteiger partial charge in [-0.1, -0.05) is 18.2 Å². The normalized spacial score (nSPS) is 13.1. The molecule has 0 radical (unpaired) electrons. The maximum absolute atomic E-state index is 13.7. The Morgan fingerprint density at radius 2 is 1.91 bits per heavy atom. The molecule has 12 heteroatoms. The van der Waals surface area contributed by atoms with Gasteiger partial charge in [0.05, 0.1) is 11.3 Å². The van der Waals surface area contributed by atoms with Crippen LogP contribution in [0.3, 0.4) is 0 Å². The number of fused-ring (bicyclic) bond motifs is 1. The molecule has 0 saturated carbocycles. The Bertz CT molecular complexity index is 1670. The van der Waals surface area contributed by atoms with Crippen molar-refractivity contribution in [1.29, 1.82) is 5.41 Å². The summed E-state index contributed by atoms with van der Waals surface area (Å²) >= 11 is 0. The summed E-state index contributed by atoms with van der Waals surface area (Å²) in [6.07, 6.45) is 1.51. The van der Waals surface area contributed by atoms with Gasteiger partial charge in [-0.25, -0.2) is 4.79 Å². The molecule has 2 aromatic carbocycles. The van der Waals surface area contributed by atoms with Crippen LogP contribution in [-0.2, 0) is 12.6 Å². The first-order valence-corrected chi connectivity index (χ1v) is 15.0. The second-order valence-corrected chi connectivity index (χ2v) is 11.4. The summed E-state index contributed by atoms with van der Waals surface area (Å²) in [5, 5.41) is 11.7. The molecule has 0 bridgehead atoms. The number of hydrogen-bond donors (Lipinski definition) is 5. The number of guanidine groups is 1. The van der Waals surface area contributed by atoms with E-state index in [0.717, 1.165) is 24.6 Å². The van der Waals surface area contributed by atoms with Gasteiger partial charge in [-0.2, -0.15) is 18.2 Å². The lowest BCUT2D eigenvalue weighted by atomic mass is 9.99. The molecule has 0 saturated heterocycles. The van der Waals surface area contributed by atoms with Gasteiger partial charge in [-0.05, 0) is 99.2 Å². The van der Waals surface area contributed by atoms with Crippen LogP contribution in [0, 0.1) is 5.41 Å². The average molecular weight is 623 g/mol. The maximum Gasteiger partial charge on any atom is 0.416 e. The highest BCUT2D eigenvalue weighted by Crippen LogP contribution is 2.34. The molecular weight excluding hydrogens is 581 g/mol. The minimum absolute atomic E-state index is 0.0193. The molecule has 4 aromatic rings. The number of alkyl halides is 3. The first-order chi connectivity index (χ1) is 21.3. The molecule has 240 valence electrons. The molecule has 2 atom stereocenters. The van der Waals surface area contributed by atoms with Crippen molar-refractivity contribution >= 4 is 17.0 Å². The number of nitrogens with one attached hydrogen (secondary N) is 3. The second kappa shape index (κ2) is 14.6. The molecule has 2 heterocycles. The number of aromatic nitrogens is 3. The molecule has 0 amide bonds. The molecule has 0 unspecified atom stereocenters. The quantitative estimate of drug-likeness (QED) is 0.0545. The third-order valence-electron chi connectivity index (χ3n) is 7.68. The van der Waals surface area contributed by atoms with Crippen LogP contribution >= 0.6 is 0 Å². The van der Waals surface area contributed by atoms with Crippen molar-refractivity contribution in [3.63, 3.8) is 0 Å². The van der Waals surface area contributed by atoms with E-state index in [0.29, 0.717) is 65.9 Å². The number of aryl methyl sites for hydroxylation is 1. The number of rotatable bonds is 14. The molecule has 0 aliphatic heterocycles. The molecule has 0 spiro atoms. The second-order valence-electron chi connectivity index (χ2n) is 11.4. The predicted molar refractivity (Wildman–Crippen MR) is 173 cm³/mol. The Morgan fingerprint density at radius 1 is 1.18 bits per heavy atom. The third-order valence-corrected chi connectivity index (χ3v) is 7.68. The predicted octanol–water partition coefficient (Wildman–Crippen LogP) is 5.49. The van der Waals surface area contributed by atoms with E-state index < -0.39 is 17.4 Å². The van der Waals surface area contributed by atoms with E-state index >= 15 is 0 Å². The Kier molecular flexibility index (Phi) is 10.8. The van der Waals surface area contributed by atoms with Crippen molar-refractivity contribution in [3.05, 3.63) is 94.6 Å². The highest BCUT2D eigenvalue weighted by atomic mass is 19.4. The van der Waals surface area contributed by atoms with Gasteiger partial charge in [0.2, 0.25) is 0 Å². The van der Waals surface area contributed by atoms with Crippen molar-refractivity contribution < 1.29 is 13.2 Å². The lowest BCUT2D eigenvalue weighted by Crippen LogP contribution is -2.38. The zero-order chi connectivity index (χ0) is 32.7. The summed E-state index contributed by atoms with van der Waals surface area (Å²) < 4.78 is 42.6. The van der Waals surface area contributed by atoms with Gasteiger partial charge >= 0.3 is 11.9 Å². The van der Waals surface area contributed by atoms with E-state index in [2.05, 4.69) is 21.9 Å². The summed E-state index contributed by atoms with van der Waals surface area (Å²) in [5.41, 5.74) is 13.5. The van der Waals surface area contributed by atoms with Crippen molar-refractivity contribution in [2.45, 2.75) is 57.8 Å². The van der Waals surface area contributed by atoms with Gasteiger partial charge in [0, 0.05) is 42.5 Å². The van der Waals surface area contributed by atoms with Crippen LogP contribution in [0.25, 0.3) is 28.0 Å². The van der Waals surface area contributed by atoms with E-state index in [1.165, 1.54) is 10.6 Å². The van der Waals surface area contributed by atoms with E-state index in [-0.39, 0.29) is 18.0 Å². The monoisotopic (exact) mass is 622 g/mol. The lowest BCUT2D eigenvalue weighted by Gasteiger charge is -2.21. The fourth-order valence-electron chi connectivity index (χ4n) is 5.21. The fraction of sp³-hybridized carbons (Fsp3) is 0.364. The van der Waals surface area contributed by atoms with Crippen molar-refractivity contribution in [1.82, 2.24) is 24.8 Å². The average Bonchev–Trinajstić information content (AvgIpc) is 3.40. The van der Waals surface area contributed by atoms with Crippen LogP contribution in [-0.4, -0.2) is 51.1 Å². The smallest absolute Gasteiger partial charge is 0.370 e. The number of benzene rings is 2.